The van der Waals surface area contributed by atoms with Gasteiger partial charge in [-0.1, -0.05) is 87.5 Å². The van der Waals surface area contributed by atoms with E-state index in [0.29, 0.717) is 0 Å². The van der Waals surface area contributed by atoms with E-state index in [2.05, 4.69) is 122 Å². The lowest BCUT2D eigenvalue weighted by Gasteiger charge is -2.23. The van der Waals surface area contributed by atoms with Gasteiger partial charge >= 0.3 is 0 Å². The molecule has 0 bridgehead atoms. The smallest absolute Gasteiger partial charge is 0.118 e. The maximum atomic E-state index is 5.24. The van der Waals surface area contributed by atoms with Gasteiger partial charge in [0.2, 0.25) is 0 Å². The molecule has 0 saturated heterocycles. The van der Waals surface area contributed by atoms with Crippen LogP contribution in [0.2, 0.25) is 0 Å². The highest BCUT2D eigenvalue weighted by molar-refractivity contribution is 5.76. The van der Waals surface area contributed by atoms with Crippen LogP contribution in [0.4, 0.5) is 5.69 Å². The van der Waals surface area contributed by atoms with E-state index in [0.717, 1.165) is 42.1 Å². The number of hydrogen-bond donors (Lipinski definition) is 1. The first-order chi connectivity index (χ1) is 19.1. The number of anilines is 1. The number of H-pyrrole nitrogens is 1. The van der Waals surface area contributed by atoms with E-state index < -0.39 is 0 Å². The van der Waals surface area contributed by atoms with Crippen LogP contribution in [0.5, 0.6) is 5.75 Å². The molecule has 0 saturated carbocycles. The molecule has 0 aliphatic carbocycles. The van der Waals surface area contributed by atoms with E-state index in [1.54, 1.807) is 7.11 Å². The Morgan fingerprint density at radius 1 is 0.769 bits per heavy atom. The van der Waals surface area contributed by atoms with E-state index in [1.807, 2.05) is 12.1 Å². The number of rotatable bonds is 10. The minimum atomic E-state index is 0.200. The van der Waals surface area contributed by atoms with Gasteiger partial charge in [0.1, 0.15) is 11.6 Å². The van der Waals surface area contributed by atoms with Crippen molar-refractivity contribution in [3.63, 3.8) is 0 Å². The lowest BCUT2D eigenvalue weighted by molar-refractivity contribution is 0.414. The Hall–Kier alpha value is -4.05. The highest BCUT2D eigenvalue weighted by Gasteiger charge is 2.13. The van der Waals surface area contributed by atoms with Crippen molar-refractivity contribution in [2.24, 2.45) is 0 Å². The molecule has 0 spiro atoms. The van der Waals surface area contributed by atoms with E-state index in [4.69, 9.17) is 9.72 Å². The van der Waals surface area contributed by atoms with Crippen molar-refractivity contribution in [2.75, 3.05) is 25.1 Å². The Bertz CT molecular complexity index is 1390. The maximum Gasteiger partial charge on any atom is 0.118 e. The topological polar surface area (TPSA) is 41.1 Å². The molecule has 1 atom stereocenters. The van der Waals surface area contributed by atoms with Gasteiger partial charge in [0.15, 0.2) is 0 Å². The predicted octanol–water partition coefficient (Wildman–Crippen LogP) is 8.63. The van der Waals surface area contributed by atoms with Crippen molar-refractivity contribution in [2.45, 2.75) is 46.0 Å². The fraction of sp³-hybridized carbons (Fsp3) is 0.286. The number of hydrogen-bond acceptors (Lipinski definition) is 3. The molecule has 1 aromatic heterocycles. The number of imidazole rings is 1. The second-order valence-corrected chi connectivity index (χ2v) is 9.95. The van der Waals surface area contributed by atoms with Gasteiger partial charge in [-0.3, -0.25) is 0 Å². The molecule has 4 nitrogen and oxygen atoms in total. The number of aromatic amines is 1. The number of nitrogens with zero attached hydrogens (tertiary/aromatic N) is 2. The molecular weight excluding hydrogens is 478 g/mol. The van der Waals surface area contributed by atoms with Crippen LogP contribution in [0.15, 0.2) is 103 Å². The zero-order chi connectivity index (χ0) is 27.5. The van der Waals surface area contributed by atoms with Crippen molar-refractivity contribution in [1.29, 1.82) is 0 Å². The van der Waals surface area contributed by atoms with Gasteiger partial charge in [0.25, 0.3) is 0 Å². The quantitative estimate of drug-likeness (QED) is 0.201. The summed E-state index contributed by atoms with van der Waals surface area (Å²) in [6.45, 7) is 8.96. The summed E-state index contributed by atoms with van der Waals surface area (Å²) >= 11 is 0. The van der Waals surface area contributed by atoms with Gasteiger partial charge < -0.3 is 14.6 Å². The standard InChI is InChI=1S/C23H22N2O.C12H19N/c1-16(19-9-11-20(26-2)12-10-19)23-24-21-13-8-18(15-22(21)25-23)14-17-6-4-3-5-7-17;1-3-10-13(11-4-2)12-8-6-5-7-9-12/h3-13,15-16H,14H2,1-2H3,(H,24,25);5-9H,3-4,10-11H2,1-2H3. The molecule has 0 amide bonds. The fourth-order valence-electron chi connectivity index (χ4n) is 4.82. The van der Waals surface area contributed by atoms with Gasteiger partial charge in [0.05, 0.1) is 18.1 Å². The molecule has 202 valence electrons. The van der Waals surface area contributed by atoms with Gasteiger partial charge in [-0.25, -0.2) is 4.98 Å². The normalized spacial score (nSPS) is 11.5. The first kappa shape index (κ1) is 28.0. The van der Waals surface area contributed by atoms with Crippen molar-refractivity contribution in [3.05, 3.63) is 126 Å². The van der Waals surface area contributed by atoms with Gasteiger partial charge in [0, 0.05) is 24.7 Å². The van der Waals surface area contributed by atoms with E-state index in [-0.39, 0.29) is 5.92 Å². The number of ether oxygens (including phenoxy) is 1. The van der Waals surface area contributed by atoms with Crippen molar-refractivity contribution >= 4 is 16.7 Å². The van der Waals surface area contributed by atoms with Crippen LogP contribution in [-0.4, -0.2) is 30.2 Å². The molecule has 0 aliphatic heterocycles. The van der Waals surface area contributed by atoms with Crippen LogP contribution in [-0.2, 0) is 6.42 Å². The summed E-state index contributed by atoms with van der Waals surface area (Å²) in [5.41, 5.74) is 7.28. The van der Waals surface area contributed by atoms with Crippen LogP contribution >= 0.6 is 0 Å². The van der Waals surface area contributed by atoms with E-state index in [1.165, 1.54) is 35.2 Å². The largest absolute Gasteiger partial charge is 0.497 e. The first-order valence-corrected chi connectivity index (χ1v) is 14.1. The third kappa shape index (κ3) is 7.73. The number of para-hydroxylation sites is 1. The summed E-state index contributed by atoms with van der Waals surface area (Å²) in [6, 6.07) is 35.8. The Morgan fingerprint density at radius 3 is 2.03 bits per heavy atom. The molecule has 1 heterocycles. The Kier molecular flexibility index (Phi) is 10.2. The Morgan fingerprint density at radius 2 is 1.41 bits per heavy atom. The summed E-state index contributed by atoms with van der Waals surface area (Å²) in [7, 11) is 1.69. The zero-order valence-electron chi connectivity index (χ0n) is 23.7. The molecule has 4 aromatic carbocycles. The number of benzene rings is 4. The molecule has 0 aliphatic rings. The number of aromatic nitrogens is 2. The van der Waals surface area contributed by atoms with Gasteiger partial charge in [-0.15, -0.1) is 0 Å². The van der Waals surface area contributed by atoms with Crippen LogP contribution < -0.4 is 9.64 Å². The van der Waals surface area contributed by atoms with Gasteiger partial charge in [-0.2, -0.15) is 0 Å². The van der Waals surface area contributed by atoms with Gasteiger partial charge in [-0.05, 0) is 72.4 Å². The molecule has 5 rings (SSSR count). The molecule has 5 aromatic rings. The molecular formula is C35H41N3O. The molecule has 1 unspecified atom stereocenters. The summed E-state index contributed by atoms with van der Waals surface area (Å²) in [4.78, 5) is 10.7. The molecule has 0 fully saturated rings. The molecule has 39 heavy (non-hydrogen) atoms. The Labute approximate surface area is 233 Å². The van der Waals surface area contributed by atoms with Crippen LogP contribution in [0, 0.1) is 0 Å². The highest BCUT2D eigenvalue weighted by Crippen LogP contribution is 2.26. The number of nitrogens with one attached hydrogen (secondary N) is 1. The summed E-state index contributed by atoms with van der Waals surface area (Å²) < 4.78 is 5.24. The summed E-state index contributed by atoms with van der Waals surface area (Å²) in [5.74, 6) is 2.06. The lowest BCUT2D eigenvalue weighted by atomic mass is 10.0. The first-order valence-electron chi connectivity index (χ1n) is 14.1. The summed E-state index contributed by atoms with van der Waals surface area (Å²) in [6.07, 6.45) is 3.36. The predicted molar refractivity (Wildman–Crippen MR) is 165 cm³/mol. The van der Waals surface area contributed by atoms with E-state index in [9.17, 15) is 0 Å². The average Bonchev–Trinajstić information content (AvgIpc) is 3.42. The van der Waals surface area contributed by atoms with Crippen molar-refractivity contribution < 1.29 is 4.74 Å². The minimum absolute atomic E-state index is 0.200. The van der Waals surface area contributed by atoms with Crippen LogP contribution in [0.3, 0.4) is 0 Å². The lowest BCUT2D eigenvalue weighted by Crippen LogP contribution is -2.24. The minimum Gasteiger partial charge on any atom is -0.497 e. The average molecular weight is 520 g/mol. The van der Waals surface area contributed by atoms with Crippen LogP contribution in [0.25, 0.3) is 11.0 Å². The maximum absolute atomic E-state index is 5.24. The molecule has 4 heteroatoms. The zero-order valence-corrected chi connectivity index (χ0v) is 23.7. The fourth-order valence-corrected chi connectivity index (χ4v) is 4.82. The number of fused-ring (bicyclic) bond motifs is 1. The third-order valence-corrected chi connectivity index (χ3v) is 6.95. The van der Waals surface area contributed by atoms with Crippen LogP contribution in [0.1, 0.15) is 62.0 Å². The second kappa shape index (κ2) is 14.2. The summed E-state index contributed by atoms with van der Waals surface area (Å²) in [5, 5.41) is 0. The molecule has 1 N–H and O–H groups in total. The monoisotopic (exact) mass is 519 g/mol. The SMILES string of the molecule is CCCN(CCC)c1ccccc1.COc1ccc(C(C)c2nc3ccc(Cc4ccccc4)cc3[nH]2)cc1. The van der Waals surface area contributed by atoms with E-state index >= 15 is 0 Å². The molecule has 0 radical (unpaired) electrons. The van der Waals surface area contributed by atoms with Crippen molar-refractivity contribution in [1.82, 2.24) is 9.97 Å². The second-order valence-electron chi connectivity index (χ2n) is 9.95. The highest BCUT2D eigenvalue weighted by atomic mass is 16.5. The Balaban J connectivity index is 0.000000229. The van der Waals surface area contributed by atoms with Crippen molar-refractivity contribution in [3.8, 4) is 5.75 Å². The number of methoxy groups -OCH3 is 1. The third-order valence-electron chi connectivity index (χ3n) is 6.95.